The number of hydrogen-bond acceptors (Lipinski definition) is 7. The highest BCUT2D eigenvalue weighted by Gasteiger charge is 2.20. The van der Waals surface area contributed by atoms with Gasteiger partial charge in [0.25, 0.3) is 0 Å². The van der Waals surface area contributed by atoms with Gasteiger partial charge in [-0.25, -0.2) is 9.97 Å². The number of fused-ring (bicyclic) bond motifs is 1. The van der Waals surface area contributed by atoms with E-state index < -0.39 is 0 Å². The molecule has 0 radical (unpaired) electrons. The quantitative estimate of drug-likeness (QED) is 0.148. The lowest BCUT2D eigenvalue weighted by Gasteiger charge is -2.34. The monoisotopic (exact) mass is 624 g/mol. The summed E-state index contributed by atoms with van der Waals surface area (Å²) in [7, 11) is 1.72. The molecule has 0 amide bonds. The van der Waals surface area contributed by atoms with Crippen LogP contribution in [0.1, 0.15) is 11.3 Å². The van der Waals surface area contributed by atoms with E-state index >= 15 is 0 Å². The third kappa shape index (κ3) is 7.34. The Hall–Kier alpha value is -0.840. The van der Waals surface area contributed by atoms with Crippen molar-refractivity contribution in [1.29, 1.82) is 0 Å². The molecule has 0 bridgehead atoms. The van der Waals surface area contributed by atoms with Gasteiger partial charge in [0.1, 0.15) is 10.8 Å². The summed E-state index contributed by atoms with van der Waals surface area (Å²) >= 11 is 10.9. The van der Waals surface area contributed by atoms with Gasteiger partial charge in [-0.1, -0.05) is 55.8 Å². The molecule has 0 saturated carbocycles. The molecule has 0 atom stereocenters. The molecule has 182 valence electrons. The molecule has 2 aromatic carbocycles. The van der Waals surface area contributed by atoms with Gasteiger partial charge in [-0.05, 0) is 30.3 Å². The Morgan fingerprint density at radius 2 is 1.71 bits per heavy atom. The molecule has 0 spiro atoms. The highest BCUT2D eigenvalue weighted by molar-refractivity contribution is 9.10. The van der Waals surface area contributed by atoms with Crippen LogP contribution in [0, 0.1) is 0 Å². The Bertz CT molecular complexity index is 1080. The molecule has 5 nitrogen and oxygen atoms in total. The van der Waals surface area contributed by atoms with Crippen molar-refractivity contribution in [3.63, 3.8) is 0 Å². The third-order valence-electron chi connectivity index (χ3n) is 5.82. The van der Waals surface area contributed by atoms with Crippen LogP contribution >= 0.6 is 55.4 Å². The molecule has 9 heteroatoms. The summed E-state index contributed by atoms with van der Waals surface area (Å²) in [5.74, 6) is 4.08. The summed E-state index contributed by atoms with van der Waals surface area (Å²) in [5.41, 5.74) is 4.12. The summed E-state index contributed by atoms with van der Waals surface area (Å²) in [6, 6.07) is 14.3. The molecule has 0 aliphatic carbocycles. The number of hydrogen-bond donors (Lipinski definition) is 0. The second-order valence-electron chi connectivity index (χ2n) is 8.13. The van der Waals surface area contributed by atoms with Crippen LogP contribution in [0.5, 0.6) is 5.75 Å². The number of thioether (sulfide) groups is 2. The lowest BCUT2D eigenvalue weighted by atomic mass is 10.2. The Morgan fingerprint density at radius 3 is 2.44 bits per heavy atom. The Labute approximate surface area is 227 Å². The van der Waals surface area contributed by atoms with Crippen LogP contribution in [-0.4, -0.2) is 76.4 Å². The lowest BCUT2D eigenvalue weighted by Crippen LogP contribution is -2.46. The van der Waals surface area contributed by atoms with Crippen LogP contribution < -0.4 is 4.74 Å². The van der Waals surface area contributed by atoms with Gasteiger partial charge in [-0.3, -0.25) is 9.80 Å². The van der Waals surface area contributed by atoms with Crippen molar-refractivity contribution < 1.29 is 4.74 Å². The molecule has 34 heavy (non-hydrogen) atoms. The molecule has 1 fully saturated rings. The molecule has 2 heterocycles. The first-order valence-electron chi connectivity index (χ1n) is 11.5. The van der Waals surface area contributed by atoms with E-state index in [1.54, 1.807) is 18.9 Å². The van der Waals surface area contributed by atoms with Crippen molar-refractivity contribution in [2.45, 2.75) is 17.3 Å². The van der Waals surface area contributed by atoms with Gasteiger partial charge < -0.3 is 4.74 Å². The first-order valence-corrected chi connectivity index (χ1v) is 15.5. The number of piperazine rings is 1. The molecule has 0 unspecified atom stereocenters. The summed E-state index contributed by atoms with van der Waals surface area (Å²) in [5, 5.41) is 2.08. The van der Waals surface area contributed by atoms with Crippen LogP contribution in [0.2, 0.25) is 0 Å². The van der Waals surface area contributed by atoms with Crippen LogP contribution in [0.3, 0.4) is 0 Å². The summed E-state index contributed by atoms with van der Waals surface area (Å²) in [6.07, 6.45) is 0. The number of benzene rings is 2. The number of methoxy groups -OCH3 is 1. The molecule has 0 N–H and O–H groups in total. The maximum atomic E-state index is 5.58. The first kappa shape index (κ1) is 26.2. The highest BCUT2D eigenvalue weighted by atomic mass is 79.9. The Balaban J connectivity index is 1.45. The zero-order valence-corrected chi connectivity index (χ0v) is 24.2. The van der Waals surface area contributed by atoms with Gasteiger partial charge in [0.05, 0.1) is 23.8 Å². The van der Waals surface area contributed by atoms with Gasteiger partial charge in [0, 0.05) is 71.9 Å². The van der Waals surface area contributed by atoms with Gasteiger partial charge in [0.15, 0.2) is 0 Å². The second-order valence-corrected chi connectivity index (χ2v) is 12.0. The fraction of sp³-hybridized carbons (Fsp3) is 0.440. The van der Waals surface area contributed by atoms with Crippen molar-refractivity contribution >= 4 is 66.4 Å². The average Bonchev–Trinajstić information content (AvgIpc) is 2.86. The summed E-state index contributed by atoms with van der Waals surface area (Å²) < 4.78 is 6.63. The molecule has 1 saturated heterocycles. The third-order valence-corrected chi connectivity index (χ3v) is 9.26. The van der Waals surface area contributed by atoms with E-state index in [1.165, 1.54) is 18.1 Å². The lowest BCUT2D eigenvalue weighted by molar-refractivity contribution is 0.131. The molecule has 3 aromatic rings. The SMILES string of the molecule is COc1ccc(Br)cc1CSc1nc2ccccc2nc1CN1CCN(CCSCCBr)CC1. The largest absolute Gasteiger partial charge is 0.496 e. The number of ether oxygens (including phenoxy) is 1. The highest BCUT2D eigenvalue weighted by Crippen LogP contribution is 2.32. The summed E-state index contributed by atoms with van der Waals surface area (Å²) in [4.78, 5) is 15.2. The normalized spacial score (nSPS) is 15.1. The van der Waals surface area contributed by atoms with Gasteiger partial charge in [-0.15, -0.1) is 0 Å². The van der Waals surface area contributed by atoms with Crippen molar-refractivity contribution in [2.75, 3.05) is 56.7 Å². The van der Waals surface area contributed by atoms with Crippen molar-refractivity contribution in [2.24, 2.45) is 0 Å². The van der Waals surface area contributed by atoms with E-state index in [-0.39, 0.29) is 0 Å². The van der Waals surface area contributed by atoms with E-state index in [9.17, 15) is 0 Å². The molecular formula is C25H30Br2N4OS2. The van der Waals surface area contributed by atoms with E-state index in [2.05, 4.69) is 53.8 Å². The predicted octanol–water partition coefficient (Wildman–Crippen LogP) is 5.94. The van der Waals surface area contributed by atoms with Gasteiger partial charge in [0.2, 0.25) is 0 Å². The number of para-hydroxylation sites is 2. The van der Waals surface area contributed by atoms with Crippen LogP contribution in [0.15, 0.2) is 52.0 Å². The molecule has 1 aliphatic rings. The first-order chi connectivity index (χ1) is 16.7. The Morgan fingerprint density at radius 1 is 0.971 bits per heavy atom. The van der Waals surface area contributed by atoms with Crippen LogP contribution in [0.25, 0.3) is 11.0 Å². The number of alkyl halides is 1. The summed E-state index contributed by atoms with van der Waals surface area (Å²) in [6.45, 7) is 6.39. The van der Waals surface area contributed by atoms with E-state index in [0.717, 1.165) is 81.3 Å². The minimum Gasteiger partial charge on any atom is -0.496 e. The fourth-order valence-corrected chi connectivity index (χ4v) is 6.73. The van der Waals surface area contributed by atoms with Gasteiger partial charge >= 0.3 is 0 Å². The van der Waals surface area contributed by atoms with E-state index in [1.807, 2.05) is 42.1 Å². The number of halogens is 2. The molecule has 1 aromatic heterocycles. The second kappa shape index (κ2) is 13.5. The smallest absolute Gasteiger partial charge is 0.122 e. The van der Waals surface area contributed by atoms with Crippen molar-refractivity contribution in [3.05, 3.63) is 58.2 Å². The van der Waals surface area contributed by atoms with Gasteiger partial charge in [-0.2, -0.15) is 11.8 Å². The molecule has 4 rings (SSSR count). The molecular weight excluding hydrogens is 596 g/mol. The minimum atomic E-state index is 0.780. The zero-order chi connectivity index (χ0) is 23.8. The maximum absolute atomic E-state index is 5.58. The van der Waals surface area contributed by atoms with E-state index in [0.29, 0.717) is 0 Å². The number of rotatable bonds is 11. The number of aromatic nitrogens is 2. The van der Waals surface area contributed by atoms with Crippen molar-refractivity contribution in [3.8, 4) is 5.75 Å². The number of nitrogens with zero attached hydrogens (tertiary/aromatic N) is 4. The standard InChI is InChI=1S/C25H30Br2N4OS2/c1-32-24-7-6-20(27)16-19(24)18-34-25-23(28-21-4-2-3-5-22(21)29-25)17-31-11-9-30(10-12-31)13-15-33-14-8-26/h2-7,16H,8-15,17-18H2,1H3. The van der Waals surface area contributed by atoms with E-state index in [4.69, 9.17) is 14.7 Å². The Kier molecular flexibility index (Phi) is 10.4. The topological polar surface area (TPSA) is 41.5 Å². The van der Waals surface area contributed by atoms with Crippen molar-refractivity contribution in [1.82, 2.24) is 19.8 Å². The molecule has 1 aliphatic heterocycles. The predicted molar refractivity (Wildman–Crippen MR) is 153 cm³/mol. The zero-order valence-electron chi connectivity index (χ0n) is 19.4. The maximum Gasteiger partial charge on any atom is 0.122 e. The fourth-order valence-electron chi connectivity index (χ4n) is 3.98. The van der Waals surface area contributed by atoms with Crippen LogP contribution in [0.4, 0.5) is 0 Å². The van der Waals surface area contributed by atoms with Crippen LogP contribution in [-0.2, 0) is 12.3 Å². The minimum absolute atomic E-state index is 0.780. The average molecular weight is 626 g/mol.